The van der Waals surface area contributed by atoms with E-state index in [0.29, 0.717) is 39.3 Å². The van der Waals surface area contributed by atoms with Crippen LogP contribution in [0, 0.1) is 11.3 Å². The van der Waals surface area contributed by atoms with Gasteiger partial charge < -0.3 is 10.1 Å². The molecule has 0 aliphatic carbocycles. The minimum absolute atomic E-state index is 0.311. The highest BCUT2D eigenvalue weighted by molar-refractivity contribution is 6.36. The molecule has 0 aliphatic heterocycles. The van der Waals surface area contributed by atoms with Crippen LogP contribution in [-0.4, -0.2) is 21.8 Å². The SMILES string of the molecule is CC(Oc1ccc(C#N)cc1)C(=O)Nc1ccnn1Cc1c(Cl)cccc1Cl. The van der Waals surface area contributed by atoms with Crippen molar-refractivity contribution >= 4 is 34.9 Å². The van der Waals surface area contributed by atoms with Crippen molar-refractivity contribution < 1.29 is 9.53 Å². The molecule has 0 bridgehead atoms. The second-order valence-corrected chi connectivity index (χ2v) is 6.77. The van der Waals surface area contributed by atoms with Gasteiger partial charge in [-0.15, -0.1) is 0 Å². The van der Waals surface area contributed by atoms with Crippen LogP contribution in [-0.2, 0) is 11.3 Å². The van der Waals surface area contributed by atoms with Crippen LogP contribution in [0.3, 0.4) is 0 Å². The molecule has 0 spiro atoms. The van der Waals surface area contributed by atoms with Gasteiger partial charge in [0, 0.05) is 21.7 Å². The lowest BCUT2D eigenvalue weighted by molar-refractivity contribution is -0.122. The lowest BCUT2D eigenvalue weighted by Crippen LogP contribution is -2.31. The van der Waals surface area contributed by atoms with Crippen molar-refractivity contribution in [1.82, 2.24) is 9.78 Å². The number of hydrogen-bond donors (Lipinski definition) is 1. The number of rotatable bonds is 6. The van der Waals surface area contributed by atoms with Crippen LogP contribution in [0.4, 0.5) is 5.82 Å². The summed E-state index contributed by atoms with van der Waals surface area (Å²) >= 11 is 12.4. The molecule has 0 radical (unpaired) electrons. The van der Waals surface area contributed by atoms with E-state index in [1.807, 2.05) is 6.07 Å². The molecule has 1 atom stereocenters. The average Bonchev–Trinajstić information content (AvgIpc) is 3.12. The first kappa shape index (κ1) is 19.7. The minimum Gasteiger partial charge on any atom is -0.481 e. The smallest absolute Gasteiger partial charge is 0.266 e. The van der Waals surface area contributed by atoms with Gasteiger partial charge in [0.15, 0.2) is 6.10 Å². The van der Waals surface area contributed by atoms with Gasteiger partial charge in [0.05, 0.1) is 24.4 Å². The molecule has 0 saturated carbocycles. The number of carbonyl (C=O) groups is 1. The van der Waals surface area contributed by atoms with E-state index >= 15 is 0 Å². The molecule has 1 aromatic heterocycles. The van der Waals surface area contributed by atoms with Gasteiger partial charge in [0.2, 0.25) is 0 Å². The summed E-state index contributed by atoms with van der Waals surface area (Å²) in [5.41, 5.74) is 1.23. The molecule has 0 aliphatic rings. The fourth-order valence-electron chi connectivity index (χ4n) is 2.49. The molecule has 1 unspecified atom stereocenters. The summed E-state index contributed by atoms with van der Waals surface area (Å²) in [5.74, 6) is 0.658. The van der Waals surface area contributed by atoms with Crippen molar-refractivity contribution in [2.45, 2.75) is 19.6 Å². The molecule has 2 aromatic carbocycles. The number of aromatic nitrogens is 2. The summed E-state index contributed by atoms with van der Waals surface area (Å²) < 4.78 is 7.22. The topological polar surface area (TPSA) is 79.9 Å². The van der Waals surface area contributed by atoms with Gasteiger partial charge in [0.1, 0.15) is 11.6 Å². The first-order chi connectivity index (χ1) is 13.5. The monoisotopic (exact) mass is 414 g/mol. The van der Waals surface area contributed by atoms with E-state index in [1.54, 1.807) is 66.3 Å². The quantitative estimate of drug-likeness (QED) is 0.642. The molecular weight excluding hydrogens is 399 g/mol. The first-order valence-electron chi connectivity index (χ1n) is 8.40. The predicted molar refractivity (Wildman–Crippen MR) is 108 cm³/mol. The molecule has 142 valence electrons. The standard InChI is InChI=1S/C20H16Cl2N4O2/c1-13(28-15-7-5-14(11-23)6-8-15)20(27)25-19-9-10-24-26(19)12-16-17(21)3-2-4-18(16)22/h2-10,13H,12H2,1H3,(H,25,27). The van der Waals surface area contributed by atoms with Crippen LogP contribution in [0.1, 0.15) is 18.1 Å². The summed E-state index contributed by atoms with van der Waals surface area (Å²) in [6.07, 6.45) is 0.826. The van der Waals surface area contributed by atoms with Gasteiger partial charge in [-0.05, 0) is 43.3 Å². The summed E-state index contributed by atoms with van der Waals surface area (Å²) in [5, 5.41) is 16.9. The zero-order valence-corrected chi connectivity index (χ0v) is 16.4. The van der Waals surface area contributed by atoms with Crippen LogP contribution in [0.25, 0.3) is 0 Å². The van der Waals surface area contributed by atoms with Gasteiger partial charge in [-0.25, -0.2) is 4.68 Å². The van der Waals surface area contributed by atoms with Crippen LogP contribution < -0.4 is 10.1 Å². The molecule has 6 nitrogen and oxygen atoms in total. The van der Waals surface area contributed by atoms with E-state index in [1.165, 1.54) is 0 Å². The molecule has 1 amide bonds. The zero-order chi connectivity index (χ0) is 20.1. The zero-order valence-electron chi connectivity index (χ0n) is 14.9. The third-order valence-electron chi connectivity index (χ3n) is 4.00. The maximum Gasteiger partial charge on any atom is 0.266 e. The van der Waals surface area contributed by atoms with Crippen molar-refractivity contribution in [3.63, 3.8) is 0 Å². The molecule has 1 heterocycles. The number of anilines is 1. The Balaban J connectivity index is 1.67. The second-order valence-electron chi connectivity index (χ2n) is 5.96. The van der Waals surface area contributed by atoms with Gasteiger partial charge >= 0.3 is 0 Å². The van der Waals surface area contributed by atoms with Crippen molar-refractivity contribution in [3.05, 3.63) is 75.9 Å². The van der Waals surface area contributed by atoms with Crippen LogP contribution in [0.5, 0.6) is 5.75 Å². The summed E-state index contributed by atoms with van der Waals surface area (Å²) in [6.45, 7) is 1.95. The molecule has 0 fully saturated rings. The number of nitrogens with one attached hydrogen (secondary N) is 1. The number of hydrogen-bond acceptors (Lipinski definition) is 4. The van der Waals surface area contributed by atoms with E-state index in [-0.39, 0.29) is 5.91 Å². The number of nitrogens with zero attached hydrogens (tertiary/aromatic N) is 3. The lowest BCUT2D eigenvalue weighted by atomic mass is 10.2. The molecule has 3 rings (SSSR count). The fourth-order valence-corrected chi connectivity index (χ4v) is 3.01. The lowest BCUT2D eigenvalue weighted by Gasteiger charge is -2.16. The Kier molecular flexibility index (Phi) is 6.19. The molecule has 3 aromatic rings. The maximum atomic E-state index is 12.5. The minimum atomic E-state index is -0.750. The number of carbonyl (C=O) groups excluding carboxylic acids is 1. The molecular formula is C20H16Cl2N4O2. The molecule has 8 heteroatoms. The second kappa shape index (κ2) is 8.79. The Morgan fingerprint density at radius 3 is 2.54 bits per heavy atom. The van der Waals surface area contributed by atoms with Gasteiger partial charge in [-0.2, -0.15) is 10.4 Å². The third-order valence-corrected chi connectivity index (χ3v) is 4.71. The molecule has 28 heavy (non-hydrogen) atoms. The van der Waals surface area contributed by atoms with Crippen molar-refractivity contribution in [1.29, 1.82) is 5.26 Å². The van der Waals surface area contributed by atoms with Gasteiger partial charge in [-0.3, -0.25) is 4.79 Å². The summed E-state index contributed by atoms with van der Waals surface area (Å²) in [4.78, 5) is 12.5. The van der Waals surface area contributed by atoms with Gasteiger partial charge in [-0.1, -0.05) is 29.3 Å². The highest BCUT2D eigenvalue weighted by atomic mass is 35.5. The normalized spacial score (nSPS) is 11.5. The summed E-state index contributed by atoms with van der Waals surface area (Å²) in [7, 11) is 0. The Morgan fingerprint density at radius 2 is 1.89 bits per heavy atom. The predicted octanol–water partition coefficient (Wildman–Crippen LogP) is 4.52. The van der Waals surface area contributed by atoms with Crippen LogP contribution in [0.2, 0.25) is 10.0 Å². The number of ether oxygens (including phenoxy) is 1. The maximum absolute atomic E-state index is 12.5. The fraction of sp³-hybridized carbons (Fsp3) is 0.150. The highest BCUT2D eigenvalue weighted by Crippen LogP contribution is 2.26. The Bertz CT molecular complexity index is 1010. The summed E-state index contributed by atoms with van der Waals surface area (Å²) in [6, 6.07) is 15.5. The number of halogens is 2. The Labute approximate surface area is 172 Å². The van der Waals surface area contributed by atoms with Crippen molar-refractivity contribution in [3.8, 4) is 11.8 Å². The number of amides is 1. The Hall–Kier alpha value is -3.01. The largest absolute Gasteiger partial charge is 0.481 e. The average molecular weight is 415 g/mol. The molecule has 0 saturated heterocycles. The molecule has 1 N–H and O–H groups in total. The third kappa shape index (κ3) is 4.63. The number of benzene rings is 2. The van der Waals surface area contributed by atoms with E-state index in [2.05, 4.69) is 10.4 Å². The van der Waals surface area contributed by atoms with Crippen molar-refractivity contribution in [2.75, 3.05) is 5.32 Å². The van der Waals surface area contributed by atoms with E-state index in [9.17, 15) is 4.79 Å². The van der Waals surface area contributed by atoms with E-state index in [0.717, 1.165) is 0 Å². The van der Waals surface area contributed by atoms with Crippen LogP contribution in [0.15, 0.2) is 54.7 Å². The number of nitriles is 1. The van der Waals surface area contributed by atoms with E-state index < -0.39 is 6.10 Å². The van der Waals surface area contributed by atoms with E-state index in [4.69, 9.17) is 33.2 Å². The van der Waals surface area contributed by atoms with Gasteiger partial charge in [0.25, 0.3) is 5.91 Å². The van der Waals surface area contributed by atoms with Crippen LogP contribution >= 0.6 is 23.2 Å². The first-order valence-corrected chi connectivity index (χ1v) is 9.16. The van der Waals surface area contributed by atoms with Crippen molar-refractivity contribution in [2.24, 2.45) is 0 Å². The Morgan fingerprint density at radius 1 is 1.21 bits per heavy atom. The highest BCUT2D eigenvalue weighted by Gasteiger charge is 2.17.